The van der Waals surface area contributed by atoms with Crippen LogP contribution in [0.2, 0.25) is 0 Å². The topological polar surface area (TPSA) is 28.2 Å². The maximum absolute atomic E-state index is 4.35. The molecule has 1 aliphatic heterocycles. The fourth-order valence-electron chi connectivity index (χ4n) is 3.24. The van der Waals surface area contributed by atoms with Crippen molar-refractivity contribution in [1.29, 1.82) is 0 Å². The van der Waals surface area contributed by atoms with E-state index in [1.165, 1.54) is 48.8 Å². The van der Waals surface area contributed by atoms with Crippen LogP contribution in [0.4, 0.5) is 0 Å². The van der Waals surface area contributed by atoms with Crippen molar-refractivity contribution in [3.63, 3.8) is 0 Å². The van der Waals surface area contributed by atoms with Gasteiger partial charge in [0.2, 0.25) is 0 Å². The summed E-state index contributed by atoms with van der Waals surface area (Å²) < 4.78 is 0. The summed E-state index contributed by atoms with van der Waals surface area (Å²) in [6.07, 6.45) is 6.68. The number of likely N-dealkylation sites (tertiary alicyclic amines) is 1. The van der Waals surface area contributed by atoms with Crippen molar-refractivity contribution in [3.05, 3.63) is 42.2 Å². The fourth-order valence-corrected chi connectivity index (χ4v) is 3.24. The molecule has 0 saturated carbocycles. The van der Waals surface area contributed by atoms with Crippen LogP contribution in [0.3, 0.4) is 0 Å². The van der Waals surface area contributed by atoms with E-state index in [1.807, 2.05) is 12.4 Å². The summed E-state index contributed by atoms with van der Waals surface area (Å²) in [6, 6.07) is 8.48. The number of rotatable bonds is 6. The van der Waals surface area contributed by atoms with E-state index in [0.717, 1.165) is 13.1 Å². The molecule has 1 aliphatic rings. The number of nitrogens with zero attached hydrogens (tertiary/aromatic N) is 2. The Hall–Kier alpha value is -1.45. The first kappa shape index (κ1) is 14.5. The van der Waals surface area contributed by atoms with Crippen molar-refractivity contribution in [2.24, 2.45) is 5.92 Å². The lowest BCUT2D eigenvalue weighted by Crippen LogP contribution is -2.31. The third-order valence-electron chi connectivity index (χ3n) is 4.33. The summed E-state index contributed by atoms with van der Waals surface area (Å²) in [5, 5.41) is 6.14. The van der Waals surface area contributed by atoms with Gasteiger partial charge in [-0.1, -0.05) is 31.2 Å². The molecule has 3 nitrogen and oxygen atoms in total. The largest absolute Gasteiger partial charge is 0.312 e. The summed E-state index contributed by atoms with van der Waals surface area (Å²) in [5.74, 6) is 0.700. The van der Waals surface area contributed by atoms with Crippen LogP contribution in [0.5, 0.6) is 0 Å². The maximum atomic E-state index is 4.35. The molecule has 1 N–H and O–H groups in total. The van der Waals surface area contributed by atoms with Crippen LogP contribution in [0.15, 0.2) is 36.7 Å². The smallest absolute Gasteiger partial charge is 0.0346 e. The van der Waals surface area contributed by atoms with Gasteiger partial charge in [0.05, 0.1) is 0 Å². The predicted molar refractivity (Wildman–Crippen MR) is 88.3 cm³/mol. The van der Waals surface area contributed by atoms with Crippen molar-refractivity contribution in [3.8, 4) is 0 Å². The highest BCUT2D eigenvalue weighted by molar-refractivity contribution is 5.84. The molecule has 1 aromatic carbocycles. The van der Waals surface area contributed by atoms with Gasteiger partial charge in [0.1, 0.15) is 0 Å². The third kappa shape index (κ3) is 3.80. The molecule has 1 fully saturated rings. The van der Waals surface area contributed by atoms with Crippen molar-refractivity contribution < 1.29 is 0 Å². The molecular formula is C18H25N3. The minimum atomic E-state index is 0.700. The minimum absolute atomic E-state index is 0.700. The molecule has 1 unspecified atom stereocenters. The summed E-state index contributed by atoms with van der Waals surface area (Å²) in [6.45, 7) is 8.11. The van der Waals surface area contributed by atoms with E-state index in [2.05, 4.69) is 46.4 Å². The molecule has 0 amide bonds. The zero-order valence-corrected chi connectivity index (χ0v) is 12.9. The molecule has 112 valence electrons. The number of hydrogen-bond donors (Lipinski definition) is 1. The molecule has 2 heterocycles. The van der Waals surface area contributed by atoms with E-state index in [9.17, 15) is 0 Å². The third-order valence-corrected chi connectivity index (χ3v) is 4.33. The van der Waals surface area contributed by atoms with Gasteiger partial charge in [-0.25, -0.2) is 0 Å². The molecular weight excluding hydrogens is 258 g/mol. The highest BCUT2D eigenvalue weighted by Crippen LogP contribution is 2.17. The Morgan fingerprint density at radius 1 is 1.19 bits per heavy atom. The highest BCUT2D eigenvalue weighted by atomic mass is 15.1. The van der Waals surface area contributed by atoms with Crippen LogP contribution in [-0.2, 0) is 6.54 Å². The Kier molecular flexibility index (Phi) is 4.84. The average Bonchev–Trinajstić information content (AvgIpc) is 3.00. The SMILES string of the molecule is CC(CNCc1cncc2ccccc12)CN1CCCC1. The average molecular weight is 283 g/mol. The van der Waals surface area contributed by atoms with Crippen LogP contribution in [0.25, 0.3) is 10.8 Å². The number of fused-ring (bicyclic) bond motifs is 1. The molecule has 0 bridgehead atoms. The number of nitrogens with one attached hydrogen (secondary N) is 1. The maximum Gasteiger partial charge on any atom is 0.0346 e. The molecule has 0 radical (unpaired) electrons. The van der Waals surface area contributed by atoms with Gasteiger partial charge in [-0.15, -0.1) is 0 Å². The lowest BCUT2D eigenvalue weighted by Gasteiger charge is -2.20. The van der Waals surface area contributed by atoms with Gasteiger partial charge in [0.15, 0.2) is 0 Å². The number of benzene rings is 1. The zero-order chi connectivity index (χ0) is 14.5. The first-order chi connectivity index (χ1) is 10.3. The Morgan fingerprint density at radius 2 is 2.00 bits per heavy atom. The molecule has 0 spiro atoms. The normalized spacial score (nSPS) is 17.4. The highest BCUT2D eigenvalue weighted by Gasteiger charge is 2.14. The van der Waals surface area contributed by atoms with E-state index < -0.39 is 0 Å². The molecule has 1 saturated heterocycles. The van der Waals surface area contributed by atoms with Gasteiger partial charge in [-0.3, -0.25) is 4.98 Å². The molecule has 1 atom stereocenters. The van der Waals surface area contributed by atoms with Gasteiger partial charge in [0.25, 0.3) is 0 Å². The minimum Gasteiger partial charge on any atom is -0.312 e. The summed E-state index contributed by atoms with van der Waals surface area (Å²) >= 11 is 0. The number of pyridine rings is 1. The molecule has 1 aromatic heterocycles. The monoisotopic (exact) mass is 283 g/mol. The Labute approximate surface area is 127 Å². The van der Waals surface area contributed by atoms with Crippen LogP contribution < -0.4 is 5.32 Å². The Bertz CT molecular complexity index is 570. The van der Waals surface area contributed by atoms with E-state index in [4.69, 9.17) is 0 Å². The quantitative estimate of drug-likeness (QED) is 0.883. The van der Waals surface area contributed by atoms with Crippen LogP contribution in [0.1, 0.15) is 25.3 Å². The Morgan fingerprint density at radius 3 is 2.86 bits per heavy atom. The van der Waals surface area contributed by atoms with E-state index in [0.29, 0.717) is 5.92 Å². The van der Waals surface area contributed by atoms with Crippen LogP contribution >= 0.6 is 0 Å². The van der Waals surface area contributed by atoms with Crippen LogP contribution in [-0.4, -0.2) is 36.1 Å². The lowest BCUT2D eigenvalue weighted by molar-refractivity contribution is 0.282. The fraction of sp³-hybridized carbons (Fsp3) is 0.500. The lowest BCUT2D eigenvalue weighted by atomic mass is 10.1. The number of aromatic nitrogens is 1. The van der Waals surface area contributed by atoms with E-state index >= 15 is 0 Å². The second-order valence-corrected chi connectivity index (χ2v) is 6.26. The summed E-state index contributed by atoms with van der Waals surface area (Å²) in [5.41, 5.74) is 1.29. The molecule has 3 heteroatoms. The standard InChI is InChI=1S/C18H25N3/c1-15(14-21-8-4-5-9-21)10-19-12-17-13-20-11-16-6-2-3-7-18(16)17/h2-3,6-7,11,13,15,19H,4-5,8-10,12,14H2,1H3. The van der Waals surface area contributed by atoms with Crippen molar-refractivity contribution in [2.45, 2.75) is 26.3 Å². The van der Waals surface area contributed by atoms with Gasteiger partial charge in [0, 0.05) is 30.9 Å². The second-order valence-electron chi connectivity index (χ2n) is 6.26. The van der Waals surface area contributed by atoms with Crippen molar-refractivity contribution in [1.82, 2.24) is 15.2 Å². The second kappa shape index (κ2) is 7.01. The zero-order valence-electron chi connectivity index (χ0n) is 12.9. The predicted octanol–water partition coefficient (Wildman–Crippen LogP) is 3.06. The summed E-state index contributed by atoms with van der Waals surface area (Å²) in [7, 11) is 0. The van der Waals surface area contributed by atoms with Gasteiger partial charge >= 0.3 is 0 Å². The first-order valence-electron chi connectivity index (χ1n) is 8.07. The first-order valence-corrected chi connectivity index (χ1v) is 8.07. The van der Waals surface area contributed by atoms with Crippen molar-refractivity contribution in [2.75, 3.05) is 26.2 Å². The van der Waals surface area contributed by atoms with Crippen LogP contribution in [0, 0.1) is 5.92 Å². The molecule has 2 aromatic rings. The van der Waals surface area contributed by atoms with Gasteiger partial charge in [-0.05, 0) is 49.3 Å². The summed E-state index contributed by atoms with van der Waals surface area (Å²) in [4.78, 5) is 6.93. The van der Waals surface area contributed by atoms with E-state index in [-0.39, 0.29) is 0 Å². The van der Waals surface area contributed by atoms with E-state index in [1.54, 1.807) is 0 Å². The van der Waals surface area contributed by atoms with Gasteiger partial charge in [-0.2, -0.15) is 0 Å². The van der Waals surface area contributed by atoms with Crippen molar-refractivity contribution >= 4 is 10.8 Å². The van der Waals surface area contributed by atoms with Gasteiger partial charge < -0.3 is 10.2 Å². The molecule has 0 aliphatic carbocycles. The Balaban J connectivity index is 1.52. The molecule has 3 rings (SSSR count). The molecule has 21 heavy (non-hydrogen) atoms. The number of hydrogen-bond acceptors (Lipinski definition) is 3.